The van der Waals surface area contributed by atoms with Crippen LogP contribution in [0.4, 0.5) is 0 Å². The highest BCUT2D eigenvalue weighted by Crippen LogP contribution is 2.32. The largest absolute Gasteiger partial charge is 0.465 e. The van der Waals surface area contributed by atoms with Crippen molar-refractivity contribution in [3.05, 3.63) is 26.6 Å². The Kier molecular flexibility index (Phi) is 4.84. The van der Waals surface area contributed by atoms with E-state index in [0.717, 1.165) is 30.7 Å². The summed E-state index contributed by atoms with van der Waals surface area (Å²) in [4.78, 5) is 34.7. The van der Waals surface area contributed by atoms with Crippen LogP contribution in [0.5, 0.6) is 0 Å². The number of fused-ring (bicyclic) bond motifs is 2. The molecule has 6 nitrogen and oxygen atoms in total. The molecule has 0 spiro atoms. The van der Waals surface area contributed by atoms with E-state index in [1.165, 1.54) is 62.0 Å². The third-order valence-corrected chi connectivity index (χ3v) is 7.29. The van der Waals surface area contributed by atoms with Gasteiger partial charge in [0.2, 0.25) is 0 Å². The molecule has 3 heterocycles. The zero-order valence-corrected chi connectivity index (χ0v) is 16.2. The zero-order valence-electron chi connectivity index (χ0n) is 15.4. The second-order valence-corrected chi connectivity index (χ2v) is 8.71. The first-order valence-corrected chi connectivity index (χ1v) is 10.3. The average molecular weight is 377 g/mol. The van der Waals surface area contributed by atoms with Crippen LogP contribution in [0.1, 0.15) is 53.2 Å². The molecule has 0 amide bonds. The standard InChI is InChI=1S/C19H25N3O3S/c1-11-15-17(23)20-14(21-18(15)26-16(11)19(24)25-2)10-22-8-7-12-5-3-4-6-13(12)9-22/h12-13H,3-10H2,1-2H3,(H,20,21,23)/p+1/t12-,13+/m0/s1. The van der Waals surface area contributed by atoms with E-state index in [9.17, 15) is 9.59 Å². The van der Waals surface area contributed by atoms with E-state index in [1.54, 1.807) is 6.92 Å². The number of hydrogen-bond donors (Lipinski definition) is 2. The van der Waals surface area contributed by atoms with E-state index >= 15 is 0 Å². The Morgan fingerprint density at radius 3 is 2.85 bits per heavy atom. The number of quaternary nitrogens is 1. The van der Waals surface area contributed by atoms with Crippen LogP contribution in [0.2, 0.25) is 0 Å². The Morgan fingerprint density at radius 1 is 1.31 bits per heavy atom. The van der Waals surface area contributed by atoms with Gasteiger partial charge in [0.05, 0.1) is 25.6 Å². The van der Waals surface area contributed by atoms with E-state index in [-0.39, 0.29) is 5.56 Å². The smallest absolute Gasteiger partial charge is 0.348 e. The molecule has 1 aliphatic carbocycles. The van der Waals surface area contributed by atoms with E-state index < -0.39 is 5.97 Å². The van der Waals surface area contributed by atoms with Gasteiger partial charge in [-0.1, -0.05) is 12.8 Å². The summed E-state index contributed by atoms with van der Waals surface area (Å²) in [6.07, 6.45) is 6.78. The number of carbonyl (C=O) groups is 1. The molecule has 2 aromatic rings. The van der Waals surface area contributed by atoms with Gasteiger partial charge in [-0.3, -0.25) is 4.79 Å². The number of likely N-dealkylation sites (tertiary alicyclic amines) is 1. The van der Waals surface area contributed by atoms with Crippen molar-refractivity contribution in [1.82, 2.24) is 9.97 Å². The Morgan fingerprint density at radius 2 is 2.08 bits per heavy atom. The van der Waals surface area contributed by atoms with Crippen molar-refractivity contribution in [1.29, 1.82) is 0 Å². The number of piperidine rings is 1. The lowest BCUT2D eigenvalue weighted by atomic mass is 9.75. The summed E-state index contributed by atoms with van der Waals surface area (Å²) in [5.41, 5.74) is 0.508. The number of aryl methyl sites for hydroxylation is 1. The van der Waals surface area contributed by atoms with Gasteiger partial charge in [0.1, 0.15) is 16.3 Å². The Hall–Kier alpha value is -1.73. The molecule has 7 heteroatoms. The number of nitrogens with one attached hydrogen (secondary N) is 2. The van der Waals surface area contributed by atoms with Gasteiger partial charge in [0, 0.05) is 5.92 Å². The molecular formula is C19H26N3O3S+. The van der Waals surface area contributed by atoms with E-state index in [0.29, 0.717) is 20.7 Å². The molecule has 26 heavy (non-hydrogen) atoms. The van der Waals surface area contributed by atoms with Crippen LogP contribution in [-0.4, -0.2) is 36.1 Å². The lowest BCUT2D eigenvalue weighted by molar-refractivity contribution is -0.924. The average Bonchev–Trinajstić information content (AvgIpc) is 2.98. The minimum Gasteiger partial charge on any atom is -0.465 e. The summed E-state index contributed by atoms with van der Waals surface area (Å²) in [7, 11) is 1.35. The Labute approximate surface area is 156 Å². The number of methoxy groups -OCH3 is 1. The second kappa shape index (κ2) is 7.12. The van der Waals surface area contributed by atoms with Gasteiger partial charge in [-0.2, -0.15) is 0 Å². The molecule has 2 N–H and O–H groups in total. The number of carbonyl (C=O) groups excluding carboxylic acids is 1. The number of esters is 1. The molecule has 2 aliphatic rings. The third kappa shape index (κ3) is 3.18. The number of H-pyrrole nitrogens is 1. The number of rotatable bonds is 3. The van der Waals surface area contributed by atoms with Crippen molar-refractivity contribution in [2.24, 2.45) is 11.8 Å². The van der Waals surface area contributed by atoms with Crippen molar-refractivity contribution in [3.63, 3.8) is 0 Å². The number of aromatic nitrogens is 2. The van der Waals surface area contributed by atoms with Gasteiger partial charge in [0.25, 0.3) is 5.56 Å². The van der Waals surface area contributed by atoms with E-state index in [1.807, 2.05) is 0 Å². The SMILES string of the molecule is COC(=O)c1sc2nc(C[NH+]3CC[C@@H]4CCCC[C@@H]4C3)[nH]c(=O)c2c1C. The lowest BCUT2D eigenvalue weighted by Crippen LogP contribution is -3.12. The topological polar surface area (TPSA) is 76.5 Å². The maximum Gasteiger partial charge on any atom is 0.348 e. The summed E-state index contributed by atoms with van der Waals surface area (Å²) in [5, 5.41) is 0.514. The van der Waals surface area contributed by atoms with Gasteiger partial charge in [-0.05, 0) is 37.7 Å². The molecule has 2 aromatic heterocycles. The maximum atomic E-state index is 12.6. The molecule has 1 saturated carbocycles. The highest BCUT2D eigenvalue weighted by atomic mass is 32.1. The second-order valence-electron chi connectivity index (χ2n) is 7.71. The maximum absolute atomic E-state index is 12.6. The van der Waals surface area contributed by atoms with Crippen LogP contribution >= 0.6 is 11.3 Å². The van der Waals surface area contributed by atoms with Gasteiger partial charge in [0.15, 0.2) is 5.82 Å². The number of ether oxygens (including phenoxy) is 1. The van der Waals surface area contributed by atoms with E-state index in [4.69, 9.17) is 4.74 Å². The van der Waals surface area contributed by atoms with Gasteiger partial charge in [-0.25, -0.2) is 9.78 Å². The minimum atomic E-state index is -0.406. The molecule has 2 fully saturated rings. The highest BCUT2D eigenvalue weighted by Gasteiger charge is 2.34. The summed E-state index contributed by atoms with van der Waals surface area (Å²) in [6.45, 7) is 4.86. The van der Waals surface area contributed by atoms with Crippen LogP contribution in [0.3, 0.4) is 0 Å². The Bertz CT molecular complexity index is 888. The molecule has 1 unspecified atom stereocenters. The molecule has 4 rings (SSSR count). The quantitative estimate of drug-likeness (QED) is 0.799. The third-order valence-electron chi connectivity index (χ3n) is 6.12. The van der Waals surface area contributed by atoms with E-state index in [2.05, 4.69) is 9.97 Å². The summed E-state index contributed by atoms with van der Waals surface area (Å²) in [5.74, 6) is 2.06. The monoisotopic (exact) mass is 376 g/mol. The van der Waals surface area contributed by atoms with Gasteiger partial charge < -0.3 is 14.6 Å². The lowest BCUT2D eigenvalue weighted by Gasteiger charge is -2.38. The fraction of sp³-hybridized carbons (Fsp3) is 0.632. The molecular weight excluding hydrogens is 350 g/mol. The first-order chi connectivity index (χ1) is 12.6. The predicted molar refractivity (Wildman–Crippen MR) is 101 cm³/mol. The molecule has 0 bridgehead atoms. The highest BCUT2D eigenvalue weighted by molar-refractivity contribution is 7.20. The summed E-state index contributed by atoms with van der Waals surface area (Å²) in [6, 6.07) is 0. The first kappa shape index (κ1) is 17.7. The fourth-order valence-electron chi connectivity index (χ4n) is 4.75. The summed E-state index contributed by atoms with van der Waals surface area (Å²) < 4.78 is 4.82. The van der Waals surface area contributed by atoms with Crippen molar-refractivity contribution < 1.29 is 14.4 Å². The van der Waals surface area contributed by atoms with Crippen LogP contribution in [0.25, 0.3) is 10.2 Å². The van der Waals surface area contributed by atoms with Gasteiger partial charge in [-0.15, -0.1) is 11.3 Å². The first-order valence-electron chi connectivity index (χ1n) is 9.51. The van der Waals surface area contributed by atoms with Crippen molar-refractivity contribution in [2.75, 3.05) is 20.2 Å². The van der Waals surface area contributed by atoms with Gasteiger partial charge >= 0.3 is 5.97 Å². The number of aromatic amines is 1. The molecule has 140 valence electrons. The van der Waals surface area contributed by atoms with Crippen molar-refractivity contribution >= 4 is 27.5 Å². The van der Waals surface area contributed by atoms with Crippen LogP contribution < -0.4 is 10.5 Å². The molecule has 0 aromatic carbocycles. The number of thiophene rings is 1. The normalized spacial score (nSPS) is 25.8. The molecule has 1 aliphatic heterocycles. The molecule has 3 atom stereocenters. The van der Waals surface area contributed by atoms with Crippen LogP contribution in [0, 0.1) is 18.8 Å². The van der Waals surface area contributed by atoms with Crippen molar-refractivity contribution in [3.8, 4) is 0 Å². The van der Waals surface area contributed by atoms with Crippen LogP contribution in [0.15, 0.2) is 4.79 Å². The Balaban J connectivity index is 1.57. The molecule has 1 saturated heterocycles. The minimum absolute atomic E-state index is 0.152. The van der Waals surface area contributed by atoms with Crippen molar-refractivity contribution in [2.45, 2.75) is 45.6 Å². The predicted octanol–water partition coefficient (Wildman–Crippen LogP) is 1.67. The molecule has 0 radical (unpaired) electrons. The zero-order chi connectivity index (χ0) is 18.3. The number of nitrogens with zero attached hydrogens (tertiary/aromatic N) is 1. The summed E-state index contributed by atoms with van der Waals surface area (Å²) >= 11 is 1.25. The fourth-order valence-corrected chi connectivity index (χ4v) is 5.87. The van der Waals surface area contributed by atoms with Crippen LogP contribution in [-0.2, 0) is 11.3 Å². The number of hydrogen-bond acceptors (Lipinski definition) is 5.